The van der Waals surface area contributed by atoms with E-state index in [9.17, 15) is 0 Å². The van der Waals surface area contributed by atoms with E-state index in [1.54, 1.807) is 12.4 Å². The Kier molecular flexibility index (Phi) is 3.94. The lowest BCUT2D eigenvalue weighted by atomic mass is 10.5. The molecule has 2 heterocycles. The molecule has 1 aromatic rings. The molecule has 1 aromatic heterocycles. The summed E-state index contributed by atoms with van der Waals surface area (Å²) < 4.78 is 0. The highest BCUT2D eigenvalue weighted by Gasteiger charge is 2.13. The lowest BCUT2D eigenvalue weighted by Crippen LogP contribution is -2.23. The largest absolute Gasteiger partial charge is 0.353 e. The maximum absolute atomic E-state index is 4.12. The van der Waals surface area contributed by atoms with Crippen molar-refractivity contribution in [2.24, 2.45) is 0 Å². The number of anilines is 1. The highest BCUT2D eigenvalue weighted by atomic mass is 32.2. The fraction of sp³-hybridized carbons (Fsp3) is 0.556. The summed E-state index contributed by atoms with van der Waals surface area (Å²) in [5.41, 5.74) is 0. The first-order chi connectivity index (χ1) is 6.95. The Morgan fingerprint density at radius 1 is 1.36 bits per heavy atom. The van der Waals surface area contributed by atoms with Gasteiger partial charge in [-0.15, -0.1) is 0 Å². The minimum atomic E-state index is 0.706. The number of hydrogen-bond acceptors (Lipinski definition) is 5. The minimum absolute atomic E-state index is 0.706. The molecule has 76 valence electrons. The molecule has 3 nitrogen and oxygen atoms in total. The van der Waals surface area contributed by atoms with Crippen molar-refractivity contribution in [3.05, 3.63) is 18.5 Å². The van der Waals surface area contributed by atoms with Gasteiger partial charge in [-0.05, 0) is 6.07 Å². The Hall–Kier alpha value is -0.420. The Morgan fingerprint density at radius 3 is 2.93 bits per heavy atom. The molecular weight excluding hydrogens is 214 g/mol. The monoisotopic (exact) mass is 227 g/mol. The van der Waals surface area contributed by atoms with Crippen LogP contribution in [0.4, 0.5) is 5.95 Å². The average molecular weight is 227 g/mol. The molecule has 1 N–H and O–H groups in total. The van der Waals surface area contributed by atoms with Crippen molar-refractivity contribution in [3.63, 3.8) is 0 Å². The number of nitrogens with zero attached hydrogens (tertiary/aromatic N) is 2. The van der Waals surface area contributed by atoms with Crippen molar-refractivity contribution in [2.75, 3.05) is 29.1 Å². The van der Waals surface area contributed by atoms with Gasteiger partial charge in [0.05, 0.1) is 0 Å². The summed E-state index contributed by atoms with van der Waals surface area (Å²) >= 11 is 4.08. The summed E-state index contributed by atoms with van der Waals surface area (Å²) in [5.74, 6) is 4.55. The molecule has 0 aromatic carbocycles. The number of thioether (sulfide) groups is 2. The van der Waals surface area contributed by atoms with Crippen LogP contribution in [0.15, 0.2) is 18.5 Å². The number of nitrogens with one attached hydrogen (secondary N) is 1. The van der Waals surface area contributed by atoms with Gasteiger partial charge in [-0.2, -0.15) is 23.5 Å². The third-order valence-electron chi connectivity index (χ3n) is 1.94. The zero-order valence-corrected chi connectivity index (χ0v) is 9.48. The third kappa shape index (κ3) is 3.06. The first-order valence-electron chi connectivity index (χ1n) is 4.65. The van der Waals surface area contributed by atoms with Crippen molar-refractivity contribution < 1.29 is 0 Å². The van der Waals surface area contributed by atoms with E-state index in [1.807, 2.05) is 29.6 Å². The van der Waals surface area contributed by atoms with Crippen LogP contribution in [-0.4, -0.2) is 39.0 Å². The molecule has 0 radical (unpaired) electrons. The second kappa shape index (κ2) is 5.46. The molecule has 1 atom stereocenters. The van der Waals surface area contributed by atoms with Crippen molar-refractivity contribution in [1.82, 2.24) is 9.97 Å². The van der Waals surface area contributed by atoms with E-state index in [2.05, 4.69) is 15.3 Å². The van der Waals surface area contributed by atoms with Crippen molar-refractivity contribution in [2.45, 2.75) is 5.25 Å². The smallest absolute Gasteiger partial charge is 0.222 e. The molecule has 1 unspecified atom stereocenters. The third-order valence-corrected chi connectivity index (χ3v) is 4.78. The standard InChI is InChI=1S/C9H13N3S2/c1-2-10-9(11-3-1)12-6-8-7-13-4-5-14-8/h1-3,8H,4-7H2,(H,10,11,12). The van der Waals surface area contributed by atoms with E-state index in [4.69, 9.17) is 0 Å². The number of rotatable bonds is 3. The van der Waals surface area contributed by atoms with Crippen molar-refractivity contribution >= 4 is 29.5 Å². The van der Waals surface area contributed by atoms with Crippen LogP contribution in [0.3, 0.4) is 0 Å². The van der Waals surface area contributed by atoms with Gasteiger partial charge in [0.1, 0.15) is 0 Å². The molecule has 0 saturated carbocycles. The summed E-state index contributed by atoms with van der Waals surface area (Å²) in [5, 5.41) is 3.96. The Balaban J connectivity index is 1.76. The molecule has 1 aliphatic rings. The maximum atomic E-state index is 4.12. The van der Waals surface area contributed by atoms with Gasteiger partial charge in [0.25, 0.3) is 0 Å². The van der Waals surface area contributed by atoms with Gasteiger partial charge in [0.15, 0.2) is 0 Å². The second-order valence-electron chi connectivity index (χ2n) is 3.02. The molecule has 1 saturated heterocycles. The van der Waals surface area contributed by atoms with Gasteiger partial charge in [-0.1, -0.05) is 0 Å². The predicted molar refractivity (Wildman–Crippen MR) is 64.1 cm³/mol. The fourth-order valence-corrected chi connectivity index (χ4v) is 3.86. The molecule has 0 amide bonds. The van der Waals surface area contributed by atoms with Gasteiger partial charge in [0.2, 0.25) is 5.95 Å². The average Bonchev–Trinajstić information content (AvgIpc) is 2.29. The lowest BCUT2D eigenvalue weighted by molar-refractivity contribution is 0.973. The van der Waals surface area contributed by atoms with Crippen LogP contribution in [0, 0.1) is 0 Å². The van der Waals surface area contributed by atoms with E-state index in [0.29, 0.717) is 5.25 Å². The number of aromatic nitrogens is 2. The molecular formula is C9H13N3S2. The zero-order valence-electron chi connectivity index (χ0n) is 7.85. The first kappa shape index (κ1) is 10.1. The SMILES string of the molecule is c1cnc(NCC2CSCCS2)nc1. The van der Waals surface area contributed by atoms with E-state index in [-0.39, 0.29) is 0 Å². The van der Waals surface area contributed by atoms with E-state index >= 15 is 0 Å². The Labute approximate surface area is 92.5 Å². The maximum Gasteiger partial charge on any atom is 0.222 e. The lowest BCUT2D eigenvalue weighted by Gasteiger charge is -2.20. The van der Waals surface area contributed by atoms with Crippen LogP contribution in [0.1, 0.15) is 0 Å². The summed E-state index contributed by atoms with van der Waals surface area (Å²) in [6, 6.07) is 1.83. The van der Waals surface area contributed by atoms with Gasteiger partial charge in [-0.3, -0.25) is 0 Å². The topological polar surface area (TPSA) is 37.8 Å². The molecule has 0 spiro atoms. The molecule has 1 fully saturated rings. The summed E-state index contributed by atoms with van der Waals surface area (Å²) in [6.07, 6.45) is 3.52. The van der Waals surface area contributed by atoms with Crippen molar-refractivity contribution in [1.29, 1.82) is 0 Å². The van der Waals surface area contributed by atoms with Crippen LogP contribution in [0.25, 0.3) is 0 Å². The van der Waals surface area contributed by atoms with E-state index < -0.39 is 0 Å². The molecule has 2 rings (SSSR count). The normalized spacial score (nSPS) is 21.9. The summed E-state index contributed by atoms with van der Waals surface area (Å²) in [6.45, 7) is 0.974. The van der Waals surface area contributed by atoms with Crippen LogP contribution >= 0.6 is 23.5 Å². The highest BCUT2D eigenvalue weighted by Crippen LogP contribution is 2.23. The van der Waals surface area contributed by atoms with Gasteiger partial charge in [-0.25, -0.2) is 9.97 Å². The molecule has 0 bridgehead atoms. The molecule has 0 aliphatic carbocycles. The van der Waals surface area contributed by atoms with Crippen molar-refractivity contribution in [3.8, 4) is 0 Å². The Bertz CT molecular complexity index is 262. The highest BCUT2D eigenvalue weighted by molar-refractivity contribution is 8.06. The summed E-state index contributed by atoms with van der Waals surface area (Å²) in [7, 11) is 0. The van der Waals surface area contributed by atoms with Crippen LogP contribution in [0.2, 0.25) is 0 Å². The second-order valence-corrected chi connectivity index (χ2v) is 5.58. The molecule has 14 heavy (non-hydrogen) atoms. The molecule has 1 aliphatic heterocycles. The van der Waals surface area contributed by atoms with Gasteiger partial charge in [0, 0.05) is 41.4 Å². The Morgan fingerprint density at radius 2 is 2.21 bits per heavy atom. The minimum Gasteiger partial charge on any atom is -0.353 e. The van der Waals surface area contributed by atoms with Gasteiger partial charge < -0.3 is 5.32 Å². The van der Waals surface area contributed by atoms with E-state index in [1.165, 1.54) is 17.3 Å². The van der Waals surface area contributed by atoms with Crippen LogP contribution < -0.4 is 5.32 Å². The number of hydrogen-bond donors (Lipinski definition) is 1. The quantitative estimate of drug-likeness (QED) is 0.851. The van der Waals surface area contributed by atoms with Crippen LogP contribution in [-0.2, 0) is 0 Å². The first-order valence-corrected chi connectivity index (χ1v) is 6.86. The fourth-order valence-electron chi connectivity index (χ4n) is 1.25. The predicted octanol–water partition coefficient (Wildman–Crippen LogP) is 1.74. The van der Waals surface area contributed by atoms with Gasteiger partial charge >= 0.3 is 0 Å². The van der Waals surface area contributed by atoms with Crippen LogP contribution in [0.5, 0.6) is 0 Å². The zero-order chi connectivity index (χ0) is 9.64. The summed E-state index contributed by atoms with van der Waals surface area (Å²) in [4.78, 5) is 8.25. The molecule has 5 heteroatoms. The van der Waals surface area contributed by atoms with E-state index in [0.717, 1.165) is 12.5 Å².